The van der Waals surface area contributed by atoms with Crippen LogP contribution >= 0.6 is 0 Å². The van der Waals surface area contributed by atoms with E-state index in [9.17, 15) is 0 Å². The van der Waals surface area contributed by atoms with Gasteiger partial charge in [-0.15, -0.1) is 5.10 Å². The third kappa shape index (κ3) is 3.01. The van der Waals surface area contributed by atoms with Gasteiger partial charge in [-0.05, 0) is 37.0 Å². The molecule has 100 valence electrons. The van der Waals surface area contributed by atoms with E-state index >= 15 is 0 Å². The summed E-state index contributed by atoms with van der Waals surface area (Å²) < 4.78 is 1.92. The quantitative estimate of drug-likeness (QED) is 0.863. The number of hydrogen-bond acceptors (Lipinski definition) is 3. The molecule has 3 rings (SSSR count). The molecule has 4 nitrogen and oxygen atoms in total. The number of hydrogen-bond donors (Lipinski definition) is 1. The van der Waals surface area contributed by atoms with Crippen LogP contribution in [0.3, 0.4) is 0 Å². The lowest BCUT2D eigenvalue weighted by Crippen LogP contribution is -2.18. The molecule has 1 N–H and O–H groups in total. The highest BCUT2D eigenvalue weighted by atomic mass is 15.4. The van der Waals surface area contributed by atoms with Gasteiger partial charge in [0.25, 0.3) is 0 Å². The number of benzene rings is 1. The summed E-state index contributed by atoms with van der Waals surface area (Å²) in [7, 11) is 0. The summed E-state index contributed by atoms with van der Waals surface area (Å²) in [4.78, 5) is 0. The van der Waals surface area contributed by atoms with Crippen molar-refractivity contribution in [2.45, 2.75) is 45.2 Å². The van der Waals surface area contributed by atoms with E-state index in [4.69, 9.17) is 0 Å². The summed E-state index contributed by atoms with van der Waals surface area (Å²) in [6.45, 7) is 3.04. The molecule has 1 heterocycles. The maximum Gasteiger partial charge on any atom is 0.0783 e. The predicted octanol–water partition coefficient (Wildman–Crippen LogP) is 2.47. The van der Waals surface area contributed by atoms with Gasteiger partial charge in [0.05, 0.1) is 17.6 Å². The van der Waals surface area contributed by atoms with Gasteiger partial charge in [-0.1, -0.05) is 30.7 Å². The van der Waals surface area contributed by atoms with Crippen LogP contribution in [-0.4, -0.2) is 21.0 Å². The lowest BCUT2D eigenvalue weighted by molar-refractivity contribution is 0.647. The molecule has 0 unspecified atom stereocenters. The van der Waals surface area contributed by atoms with E-state index in [1.807, 2.05) is 10.9 Å². The van der Waals surface area contributed by atoms with Gasteiger partial charge in [0, 0.05) is 12.6 Å². The Morgan fingerprint density at radius 3 is 2.74 bits per heavy atom. The summed E-state index contributed by atoms with van der Waals surface area (Å²) >= 11 is 0. The first-order chi connectivity index (χ1) is 9.36. The van der Waals surface area contributed by atoms with Gasteiger partial charge in [0.1, 0.15) is 0 Å². The van der Waals surface area contributed by atoms with Crippen LogP contribution in [0.15, 0.2) is 30.5 Å². The van der Waals surface area contributed by atoms with Crippen LogP contribution in [0.1, 0.15) is 37.4 Å². The van der Waals surface area contributed by atoms with E-state index in [-0.39, 0.29) is 0 Å². The molecule has 1 aromatic carbocycles. The average Bonchev–Trinajstić information content (AvgIpc) is 3.15. The molecule has 1 fully saturated rings. The molecule has 1 aliphatic carbocycles. The molecule has 0 radical (unpaired) electrons. The lowest BCUT2D eigenvalue weighted by Gasteiger charge is -2.07. The van der Waals surface area contributed by atoms with Crippen molar-refractivity contribution in [3.05, 3.63) is 41.7 Å². The van der Waals surface area contributed by atoms with Crippen molar-refractivity contribution in [2.75, 3.05) is 0 Å². The SMILES string of the molecule is CCCc1ccc(-n2nncc2CNC2CC2)cc1. The number of rotatable bonds is 6. The van der Waals surface area contributed by atoms with Crippen molar-refractivity contribution in [3.8, 4) is 5.69 Å². The zero-order chi connectivity index (χ0) is 13.1. The van der Waals surface area contributed by atoms with Crippen molar-refractivity contribution >= 4 is 0 Å². The zero-order valence-electron chi connectivity index (χ0n) is 11.3. The van der Waals surface area contributed by atoms with Crippen LogP contribution < -0.4 is 5.32 Å². The number of aromatic nitrogens is 3. The average molecular weight is 256 g/mol. The van der Waals surface area contributed by atoms with Crippen molar-refractivity contribution in [3.63, 3.8) is 0 Å². The highest BCUT2D eigenvalue weighted by Crippen LogP contribution is 2.19. The van der Waals surface area contributed by atoms with Gasteiger partial charge >= 0.3 is 0 Å². The van der Waals surface area contributed by atoms with Gasteiger partial charge < -0.3 is 5.32 Å². The molecule has 1 saturated carbocycles. The second-order valence-corrected chi connectivity index (χ2v) is 5.21. The Morgan fingerprint density at radius 1 is 1.26 bits per heavy atom. The van der Waals surface area contributed by atoms with Crippen molar-refractivity contribution < 1.29 is 0 Å². The van der Waals surface area contributed by atoms with E-state index < -0.39 is 0 Å². The van der Waals surface area contributed by atoms with E-state index in [1.54, 1.807) is 0 Å². The molecule has 19 heavy (non-hydrogen) atoms. The highest BCUT2D eigenvalue weighted by molar-refractivity contribution is 5.35. The van der Waals surface area contributed by atoms with E-state index in [2.05, 4.69) is 46.8 Å². The third-order valence-corrected chi connectivity index (χ3v) is 3.49. The Hall–Kier alpha value is -1.68. The highest BCUT2D eigenvalue weighted by Gasteiger charge is 2.20. The Labute approximate surface area is 113 Å². The van der Waals surface area contributed by atoms with E-state index in [0.717, 1.165) is 24.3 Å². The fraction of sp³-hybridized carbons (Fsp3) is 0.467. The first-order valence-electron chi connectivity index (χ1n) is 7.09. The summed E-state index contributed by atoms with van der Waals surface area (Å²) in [5.74, 6) is 0. The summed E-state index contributed by atoms with van der Waals surface area (Å²) in [6, 6.07) is 9.31. The van der Waals surface area contributed by atoms with Crippen molar-refractivity contribution in [1.29, 1.82) is 0 Å². The van der Waals surface area contributed by atoms with Crippen LogP contribution in [0.2, 0.25) is 0 Å². The molecule has 1 aromatic heterocycles. The number of aryl methyl sites for hydroxylation is 1. The summed E-state index contributed by atoms with van der Waals surface area (Å²) in [5.41, 5.74) is 3.59. The lowest BCUT2D eigenvalue weighted by atomic mass is 10.1. The van der Waals surface area contributed by atoms with Gasteiger partial charge in [-0.25, -0.2) is 4.68 Å². The minimum absolute atomic E-state index is 0.704. The zero-order valence-corrected chi connectivity index (χ0v) is 11.3. The minimum atomic E-state index is 0.704. The first-order valence-corrected chi connectivity index (χ1v) is 7.09. The smallest absolute Gasteiger partial charge is 0.0783 e. The van der Waals surface area contributed by atoms with Crippen LogP contribution in [-0.2, 0) is 13.0 Å². The molecule has 0 amide bonds. The maximum atomic E-state index is 4.19. The molecule has 0 spiro atoms. The molecule has 1 aliphatic rings. The fourth-order valence-corrected chi connectivity index (χ4v) is 2.22. The molecule has 0 saturated heterocycles. The van der Waals surface area contributed by atoms with Gasteiger partial charge in [-0.2, -0.15) is 0 Å². The molecule has 0 bridgehead atoms. The number of nitrogens with zero attached hydrogens (tertiary/aromatic N) is 3. The van der Waals surface area contributed by atoms with Gasteiger partial charge in [-0.3, -0.25) is 0 Å². The van der Waals surface area contributed by atoms with Crippen molar-refractivity contribution in [2.24, 2.45) is 0 Å². The van der Waals surface area contributed by atoms with Gasteiger partial charge in [0.15, 0.2) is 0 Å². The van der Waals surface area contributed by atoms with Crippen LogP contribution in [0.25, 0.3) is 5.69 Å². The first kappa shape index (κ1) is 12.4. The second-order valence-electron chi connectivity index (χ2n) is 5.21. The van der Waals surface area contributed by atoms with Crippen molar-refractivity contribution in [1.82, 2.24) is 20.3 Å². The largest absolute Gasteiger partial charge is 0.308 e. The molecule has 4 heteroatoms. The second kappa shape index (κ2) is 5.53. The Morgan fingerprint density at radius 2 is 2.05 bits per heavy atom. The monoisotopic (exact) mass is 256 g/mol. The Bertz CT molecular complexity index is 525. The summed E-state index contributed by atoms with van der Waals surface area (Å²) in [5, 5.41) is 11.7. The Balaban J connectivity index is 1.74. The topological polar surface area (TPSA) is 42.7 Å². The van der Waals surface area contributed by atoms with E-state index in [0.29, 0.717) is 6.04 Å². The van der Waals surface area contributed by atoms with Gasteiger partial charge in [0.2, 0.25) is 0 Å². The minimum Gasteiger partial charge on any atom is -0.308 e. The van der Waals surface area contributed by atoms with E-state index in [1.165, 1.54) is 24.8 Å². The van der Waals surface area contributed by atoms with Crippen LogP contribution in [0.5, 0.6) is 0 Å². The summed E-state index contributed by atoms with van der Waals surface area (Å²) in [6.07, 6.45) is 6.75. The van der Waals surface area contributed by atoms with Crippen LogP contribution in [0.4, 0.5) is 0 Å². The Kier molecular flexibility index (Phi) is 3.60. The molecular formula is C15H20N4. The third-order valence-electron chi connectivity index (χ3n) is 3.49. The fourth-order valence-electron chi connectivity index (χ4n) is 2.22. The normalized spacial score (nSPS) is 14.8. The molecule has 0 aliphatic heterocycles. The molecule has 2 aromatic rings. The predicted molar refractivity (Wildman–Crippen MR) is 75.2 cm³/mol. The maximum absolute atomic E-state index is 4.19. The molecular weight excluding hydrogens is 236 g/mol. The molecule has 0 atom stereocenters. The number of nitrogens with one attached hydrogen (secondary N) is 1. The van der Waals surface area contributed by atoms with Crippen LogP contribution in [0, 0.1) is 0 Å². The standard InChI is InChI=1S/C15H20N4/c1-2-3-12-4-8-14(9-5-12)19-15(11-17-18-19)10-16-13-6-7-13/h4-5,8-9,11,13,16H,2-3,6-7,10H2,1H3.